The van der Waals surface area contributed by atoms with Gasteiger partial charge < -0.3 is 4.79 Å². The minimum absolute atomic E-state index is 0.690. The van der Waals surface area contributed by atoms with Crippen LogP contribution in [-0.4, -0.2) is 6.29 Å². The molecule has 11 heavy (non-hydrogen) atoms. The Morgan fingerprint density at radius 1 is 1.64 bits per heavy atom. The average Bonchev–Trinajstić information content (AvgIpc) is 2.37. The zero-order valence-corrected chi connectivity index (χ0v) is 7.49. The smallest absolute Gasteiger partial charge is 0.120 e. The molecule has 0 bridgehead atoms. The van der Waals surface area contributed by atoms with Crippen molar-refractivity contribution in [3.8, 4) is 0 Å². The van der Waals surface area contributed by atoms with Crippen LogP contribution in [0.4, 0.5) is 0 Å². The van der Waals surface area contributed by atoms with Crippen molar-refractivity contribution in [2.24, 2.45) is 0 Å². The van der Waals surface area contributed by atoms with Gasteiger partial charge >= 0.3 is 0 Å². The van der Waals surface area contributed by atoms with Gasteiger partial charge in [0.2, 0.25) is 0 Å². The van der Waals surface area contributed by atoms with Gasteiger partial charge in [0.05, 0.1) is 0 Å². The van der Waals surface area contributed by atoms with E-state index in [-0.39, 0.29) is 0 Å². The number of hydrogen-bond acceptors (Lipinski definition) is 2. The summed E-state index contributed by atoms with van der Waals surface area (Å²) in [6, 6.07) is 2.14. The average molecular weight is 168 g/mol. The van der Waals surface area contributed by atoms with Crippen molar-refractivity contribution in [3.05, 3.63) is 21.9 Å². The summed E-state index contributed by atoms with van der Waals surface area (Å²) in [5.41, 5.74) is 1.40. The summed E-state index contributed by atoms with van der Waals surface area (Å²) in [5.74, 6) is 0. The van der Waals surface area contributed by atoms with Gasteiger partial charge in [0, 0.05) is 11.3 Å². The molecule has 0 atom stereocenters. The van der Waals surface area contributed by atoms with E-state index in [1.807, 2.05) is 0 Å². The quantitative estimate of drug-likeness (QED) is 0.499. The van der Waals surface area contributed by atoms with E-state index >= 15 is 0 Å². The van der Waals surface area contributed by atoms with Gasteiger partial charge in [0.25, 0.3) is 0 Å². The molecule has 2 heteroatoms. The third-order valence-electron chi connectivity index (χ3n) is 1.73. The van der Waals surface area contributed by atoms with E-state index in [1.54, 1.807) is 11.3 Å². The molecule has 1 aromatic heterocycles. The monoisotopic (exact) mass is 168 g/mol. The number of unbranched alkanes of at least 4 members (excludes halogenated alkanes) is 1. The van der Waals surface area contributed by atoms with Crippen LogP contribution in [0.25, 0.3) is 0 Å². The Hall–Kier alpha value is -0.630. The van der Waals surface area contributed by atoms with Crippen molar-refractivity contribution in [2.75, 3.05) is 0 Å². The zero-order chi connectivity index (χ0) is 8.10. The number of hydrogen-bond donors (Lipinski definition) is 0. The Labute approximate surface area is 71.1 Å². The number of carbonyl (C=O) groups is 1. The molecule has 0 saturated heterocycles. The number of aldehydes is 1. The lowest BCUT2D eigenvalue weighted by Crippen LogP contribution is -1.84. The van der Waals surface area contributed by atoms with E-state index in [9.17, 15) is 4.79 Å². The minimum atomic E-state index is 0.690. The first-order valence-corrected chi connectivity index (χ1v) is 4.69. The van der Waals surface area contributed by atoms with Gasteiger partial charge in [0.15, 0.2) is 0 Å². The second-order valence-corrected chi connectivity index (χ2v) is 3.68. The maximum absolute atomic E-state index is 10.0. The molecule has 0 aliphatic rings. The first kappa shape index (κ1) is 8.47. The normalized spacial score (nSPS) is 9.91. The molecule has 1 rings (SSSR count). The fourth-order valence-corrected chi connectivity index (χ4v) is 1.80. The number of carbonyl (C=O) groups excluding carboxylic acids is 1. The summed E-state index contributed by atoms with van der Waals surface area (Å²) in [6.45, 7) is 2.13. The summed E-state index contributed by atoms with van der Waals surface area (Å²) in [5, 5.41) is 2.10. The Morgan fingerprint density at radius 2 is 2.45 bits per heavy atom. The Morgan fingerprint density at radius 3 is 3.00 bits per heavy atom. The largest absolute Gasteiger partial charge is 0.303 e. The first-order valence-electron chi connectivity index (χ1n) is 3.81. The molecule has 1 heterocycles. The van der Waals surface area contributed by atoms with Crippen LogP contribution >= 0.6 is 11.3 Å². The lowest BCUT2D eigenvalue weighted by Gasteiger charge is -1.95. The molecule has 0 saturated carbocycles. The zero-order valence-electron chi connectivity index (χ0n) is 6.67. The van der Waals surface area contributed by atoms with Crippen molar-refractivity contribution in [2.45, 2.75) is 26.2 Å². The van der Waals surface area contributed by atoms with Crippen molar-refractivity contribution in [1.29, 1.82) is 0 Å². The molecule has 0 aliphatic heterocycles. The minimum Gasteiger partial charge on any atom is -0.303 e. The molecule has 0 aliphatic carbocycles. The van der Waals surface area contributed by atoms with Gasteiger partial charge in [-0.15, -0.1) is 11.3 Å². The maximum atomic E-state index is 10.0. The van der Waals surface area contributed by atoms with Crippen LogP contribution in [0.3, 0.4) is 0 Å². The molecule has 0 unspecified atom stereocenters. The van der Waals surface area contributed by atoms with Crippen LogP contribution in [0, 0.1) is 6.92 Å². The van der Waals surface area contributed by atoms with Crippen LogP contribution in [0.1, 0.15) is 23.3 Å². The topological polar surface area (TPSA) is 17.1 Å². The van der Waals surface area contributed by atoms with E-state index in [4.69, 9.17) is 0 Å². The predicted molar refractivity (Wildman–Crippen MR) is 48.1 cm³/mol. The summed E-state index contributed by atoms with van der Waals surface area (Å²) in [7, 11) is 0. The molecule has 0 spiro atoms. The molecule has 1 nitrogen and oxygen atoms in total. The van der Waals surface area contributed by atoms with E-state index in [0.29, 0.717) is 6.42 Å². The first-order chi connectivity index (χ1) is 5.34. The van der Waals surface area contributed by atoms with Gasteiger partial charge in [-0.05, 0) is 36.8 Å². The molecule has 0 fully saturated rings. The van der Waals surface area contributed by atoms with Crippen LogP contribution in [-0.2, 0) is 11.2 Å². The third-order valence-corrected chi connectivity index (χ3v) is 2.62. The molecular formula is C9H12OS. The summed E-state index contributed by atoms with van der Waals surface area (Å²) >= 11 is 1.77. The van der Waals surface area contributed by atoms with Gasteiger partial charge in [-0.1, -0.05) is 0 Å². The molecule has 0 amide bonds. The summed E-state index contributed by atoms with van der Waals surface area (Å²) in [6.07, 6.45) is 3.71. The van der Waals surface area contributed by atoms with Crippen molar-refractivity contribution in [1.82, 2.24) is 0 Å². The van der Waals surface area contributed by atoms with Gasteiger partial charge in [-0.3, -0.25) is 0 Å². The van der Waals surface area contributed by atoms with Gasteiger partial charge in [-0.2, -0.15) is 0 Å². The highest BCUT2D eigenvalue weighted by molar-refractivity contribution is 7.10. The van der Waals surface area contributed by atoms with E-state index in [2.05, 4.69) is 18.4 Å². The summed E-state index contributed by atoms with van der Waals surface area (Å²) in [4.78, 5) is 11.4. The van der Waals surface area contributed by atoms with E-state index in [1.165, 1.54) is 10.4 Å². The SMILES string of the molecule is Cc1sccc1CCCC=O. The lowest BCUT2D eigenvalue weighted by molar-refractivity contribution is -0.107. The van der Waals surface area contributed by atoms with E-state index in [0.717, 1.165) is 19.1 Å². The highest BCUT2D eigenvalue weighted by atomic mass is 32.1. The van der Waals surface area contributed by atoms with Crippen LogP contribution in [0.15, 0.2) is 11.4 Å². The Kier molecular flexibility index (Phi) is 3.30. The van der Waals surface area contributed by atoms with Gasteiger partial charge in [0.1, 0.15) is 6.29 Å². The third kappa shape index (κ3) is 2.46. The highest BCUT2D eigenvalue weighted by Crippen LogP contribution is 2.16. The Balaban J connectivity index is 2.38. The maximum Gasteiger partial charge on any atom is 0.120 e. The number of aryl methyl sites for hydroxylation is 2. The fraction of sp³-hybridized carbons (Fsp3) is 0.444. The Bertz CT molecular complexity index is 227. The van der Waals surface area contributed by atoms with Crippen LogP contribution < -0.4 is 0 Å². The lowest BCUT2D eigenvalue weighted by atomic mass is 10.1. The summed E-state index contributed by atoms with van der Waals surface area (Å²) < 4.78 is 0. The van der Waals surface area contributed by atoms with Crippen molar-refractivity contribution < 1.29 is 4.79 Å². The van der Waals surface area contributed by atoms with Crippen LogP contribution in [0.5, 0.6) is 0 Å². The standard InChI is InChI=1S/C9H12OS/c1-8-9(5-7-11-8)4-2-3-6-10/h5-7H,2-4H2,1H3. The second kappa shape index (κ2) is 4.29. The van der Waals surface area contributed by atoms with Crippen molar-refractivity contribution in [3.63, 3.8) is 0 Å². The molecule has 0 aromatic carbocycles. The predicted octanol–water partition coefficient (Wildman–Crippen LogP) is 2.58. The molecule has 60 valence electrons. The molecule has 0 N–H and O–H groups in total. The van der Waals surface area contributed by atoms with Gasteiger partial charge in [-0.25, -0.2) is 0 Å². The number of rotatable bonds is 4. The van der Waals surface area contributed by atoms with E-state index < -0.39 is 0 Å². The highest BCUT2D eigenvalue weighted by Gasteiger charge is 1.97. The fourth-order valence-electron chi connectivity index (χ4n) is 1.05. The number of thiophene rings is 1. The van der Waals surface area contributed by atoms with Crippen LogP contribution in [0.2, 0.25) is 0 Å². The molecule has 1 aromatic rings. The molecular weight excluding hydrogens is 156 g/mol. The van der Waals surface area contributed by atoms with Crippen molar-refractivity contribution >= 4 is 17.6 Å². The second-order valence-electron chi connectivity index (χ2n) is 2.56. The molecule has 0 radical (unpaired) electrons.